The van der Waals surface area contributed by atoms with Crippen LogP contribution < -0.4 is 10.2 Å². The van der Waals surface area contributed by atoms with Crippen molar-refractivity contribution >= 4 is 5.69 Å². The molecule has 0 aliphatic carbocycles. The third-order valence-corrected chi connectivity index (χ3v) is 2.70. The minimum Gasteiger partial charge on any atom is -0.508 e. The van der Waals surface area contributed by atoms with Gasteiger partial charge in [0, 0.05) is 37.5 Å². The minimum absolute atomic E-state index is 0.191. The molecule has 1 atom stereocenters. The average Bonchev–Trinajstić information content (AvgIpc) is 2.25. The summed E-state index contributed by atoms with van der Waals surface area (Å²) >= 11 is 0. The smallest absolute Gasteiger partial charge is 0.122 e. The van der Waals surface area contributed by atoms with Gasteiger partial charge in [0.15, 0.2) is 0 Å². The number of anilines is 1. The molecule has 1 rings (SSSR count). The molecule has 0 saturated carbocycles. The number of nitrogens with one attached hydrogen (secondary N) is 1. The Balaban J connectivity index is 2.81. The zero-order valence-electron chi connectivity index (χ0n) is 10.6. The van der Waals surface area contributed by atoms with Crippen LogP contribution in [0.1, 0.15) is 31.9 Å². The van der Waals surface area contributed by atoms with Crippen molar-refractivity contribution in [2.75, 3.05) is 25.5 Å². The highest BCUT2D eigenvalue weighted by molar-refractivity contribution is 5.53. The lowest BCUT2D eigenvalue weighted by Crippen LogP contribution is -2.19. The van der Waals surface area contributed by atoms with E-state index in [1.54, 1.807) is 6.07 Å². The van der Waals surface area contributed by atoms with E-state index in [4.69, 9.17) is 0 Å². The molecule has 0 saturated heterocycles. The second kappa shape index (κ2) is 5.75. The predicted molar refractivity (Wildman–Crippen MR) is 69.1 cm³/mol. The molecule has 3 nitrogen and oxygen atoms in total. The quantitative estimate of drug-likeness (QED) is 0.803. The van der Waals surface area contributed by atoms with Gasteiger partial charge in [-0.1, -0.05) is 13.0 Å². The highest BCUT2D eigenvalue weighted by Gasteiger charge is 2.10. The topological polar surface area (TPSA) is 35.5 Å². The van der Waals surface area contributed by atoms with Crippen molar-refractivity contribution in [3.05, 3.63) is 23.8 Å². The fourth-order valence-electron chi connectivity index (χ4n) is 1.65. The van der Waals surface area contributed by atoms with Gasteiger partial charge in [0.2, 0.25) is 0 Å². The van der Waals surface area contributed by atoms with Gasteiger partial charge in [-0.25, -0.2) is 0 Å². The molecule has 1 unspecified atom stereocenters. The Morgan fingerprint density at radius 2 is 2.06 bits per heavy atom. The lowest BCUT2D eigenvalue weighted by atomic mass is 10.1. The van der Waals surface area contributed by atoms with Crippen LogP contribution in [-0.4, -0.2) is 25.7 Å². The lowest BCUT2D eigenvalue weighted by molar-refractivity contribution is 0.453. The zero-order chi connectivity index (χ0) is 12.1. The molecule has 0 fully saturated rings. The Kier molecular flexibility index (Phi) is 4.62. The van der Waals surface area contributed by atoms with Gasteiger partial charge in [-0.3, -0.25) is 0 Å². The number of rotatable bonds is 5. The zero-order valence-corrected chi connectivity index (χ0v) is 10.6. The van der Waals surface area contributed by atoms with Crippen LogP contribution >= 0.6 is 0 Å². The molecule has 90 valence electrons. The monoisotopic (exact) mass is 222 g/mol. The normalized spacial score (nSPS) is 12.5. The van der Waals surface area contributed by atoms with E-state index in [1.807, 2.05) is 31.1 Å². The van der Waals surface area contributed by atoms with Crippen LogP contribution in [0.25, 0.3) is 0 Å². The van der Waals surface area contributed by atoms with Crippen LogP contribution in [0.2, 0.25) is 0 Å². The van der Waals surface area contributed by atoms with Crippen molar-refractivity contribution in [2.24, 2.45) is 0 Å². The number of aromatic hydroxyl groups is 1. The van der Waals surface area contributed by atoms with Crippen molar-refractivity contribution in [1.29, 1.82) is 0 Å². The SMILES string of the molecule is CCCNC(C)c1ccc(N(C)C)cc1O. The third-order valence-electron chi connectivity index (χ3n) is 2.70. The number of benzene rings is 1. The molecule has 0 radical (unpaired) electrons. The second-order valence-electron chi connectivity index (χ2n) is 4.31. The molecule has 16 heavy (non-hydrogen) atoms. The van der Waals surface area contributed by atoms with Crippen molar-refractivity contribution in [2.45, 2.75) is 26.3 Å². The minimum atomic E-state index is 0.191. The van der Waals surface area contributed by atoms with Gasteiger partial charge in [0.25, 0.3) is 0 Å². The molecule has 0 heterocycles. The Morgan fingerprint density at radius 1 is 1.38 bits per heavy atom. The summed E-state index contributed by atoms with van der Waals surface area (Å²) in [5, 5.41) is 13.3. The van der Waals surface area contributed by atoms with Crippen molar-refractivity contribution in [1.82, 2.24) is 5.32 Å². The molecule has 0 aromatic heterocycles. The van der Waals surface area contributed by atoms with E-state index in [9.17, 15) is 5.11 Å². The van der Waals surface area contributed by atoms with Crippen molar-refractivity contribution in [3.8, 4) is 5.75 Å². The van der Waals surface area contributed by atoms with E-state index in [-0.39, 0.29) is 6.04 Å². The number of hydrogen-bond donors (Lipinski definition) is 2. The summed E-state index contributed by atoms with van der Waals surface area (Å²) in [6.07, 6.45) is 1.10. The molecule has 2 N–H and O–H groups in total. The molecular weight excluding hydrogens is 200 g/mol. The van der Waals surface area contributed by atoms with Crippen LogP contribution in [-0.2, 0) is 0 Å². The molecule has 3 heteroatoms. The summed E-state index contributed by atoms with van der Waals surface area (Å²) < 4.78 is 0. The van der Waals surface area contributed by atoms with Gasteiger partial charge in [0.05, 0.1) is 0 Å². The Hall–Kier alpha value is -1.22. The predicted octanol–water partition coefficient (Wildman–Crippen LogP) is 2.52. The van der Waals surface area contributed by atoms with E-state index < -0.39 is 0 Å². The van der Waals surface area contributed by atoms with Gasteiger partial charge in [-0.15, -0.1) is 0 Å². The third kappa shape index (κ3) is 3.14. The van der Waals surface area contributed by atoms with E-state index >= 15 is 0 Å². The summed E-state index contributed by atoms with van der Waals surface area (Å²) in [7, 11) is 3.93. The maximum Gasteiger partial charge on any atom is 0.122 e. The Morgan fingerprint density at radius 3 is 2.56 bits per heavy atom. The first kappa shape index (κ1) is 12.8. The molecule has 1 aromatic carbocycles. The van der Waals surface area contributed by atoms with Crippen LogP contribution in [0.3, 0.4) is 0 Å². The summed E-state index contributed by atoms with van der Waals surface area (Å²) in [5.74, 6) is 0.363. The second-order valence-corrected chi connectivity index (χ2v) is 4.31. The van der Waals surface area contributed by atoms with Gasteiger partial charge in [-0.05, 0) is 26.0 Å². The Bertz CT molecular complexity index is 337. The molecule has 0 aliphatic rings. The van der Waals surface area contributed by atoms with E-state index in [1.165, 1.54) is 0 Å². The first-order chi connectivity index (χ1) is 7.56. The highest BCUT2D eigenvalue weighted by Crippen LogP contribution is 2.28. The fourth-order valence-corrected chi connectivity index (χ4v) is 1.65. The molecule has 0 aliphatic heterocycles. The first-order valence-corrected chi connectivity index (χ1v) is 5.80. The number of hydrogen-bond acceptors (Lipinski definition) is 3. The number of nitrogens with zero attached hydrogens (tertiary/aromatic N) is 1. The molecular formula is C13H22N2O. The maximum absolute atomic E-state index is 9.94. The van der Waals surface area contributed by atoms with E-state index in [0.717, 1.165) is 24.2 Å². The van der Waals surface area contributed by atoms with Crippen LogP contribution in [0.4, 0.5) is 5.69 Å². The standard InChI is InChI=1S/C13H22N2O/c1-5-8-14-10(2)12-7-6-11(15(3)4)9-13(12)16/h6-7,9-10,14,16H,5,8H2,1-4H3. The average molecular weight is 222 g/mol. The van der Waals surface area contributed by atoms with Gasteiger partial charge >= 0.3 is 0 Å². The number of phenols is 1. The van der Waals surface area contributed by atoms with Crippen LogP contribution in [0.5, 0.6) is 5.75 Å². The fraction of sp³-hybridized carbons (Fsp3) is 0.538. The summed E-state index contributed by atoms with van der Waals surface area (Å²) in [6, 6.07) is 6.01. The highest BCUT2D eigenvalue weighted by atomic mass is 16.3. The van der Waals surface area contributed by atoms with Gasteiger partial charge < -0.3 is 15.3 Å². The number of phenolic OH excluding ortho intramolecular Hbond substituents is 1. The Labute approximate surface area is 98.1 Å². The molecule has 0 amide bonds. The molecule has 0 bridgehead atoms. The van der Waals surface area contributed by atoms with Crippen molar-refractivity contribution < 1.29 is 5.11 Å². The first-order valence-electron chi connectivity index (χ1n) is 5.80. The van der Waals surface area contributed by atoms with Crippen LogP contribution in [0, 0.1) is 0 Å². The summed E-state index contributed by atoms with van der Waals surface area (Å²) in [6.45, 7) is 5.17. The van der Waals surface area contributed by atoms with E-state index in [0.29, 0.717) is 5.75 Å². The van der Waals surface area contributed by atoms with Gasteiger partial charge in [0.1, 0.15) is 5.75 Å². The maximum atomic E-state index is 9.94. The molecule has 0 spiro atoms. The van der Waals surface area contributed by atoms with E-state index in [2.05, 4.69) is 19.2 Å². The van der Waals surface area contributed by atoms with Gasteiger partial charge in [-0.2, -0.15) is 0 Å². The largest absolute Gasteiger partial charge is 0.508 e. The van der Waals surface area contributed by atoms with Crippen molar-refractivity contribution in [3.63, 3.8) is 0 Å². The summed E-state index contributed by atoms with van der Waals surface area (Å²) in [4.78, 5) is 1.98. The molecule has 1 aromatic rings. The van der Waals surface area contributed by atoms with Crippen LogP contribution in [0.15, 0.2) is 18.2 Å². The lowest BCUT2D eigenvalue weighted by Gasteiger charge is -2.18. The summed E-state index contributed by atoms with van der Waals surface area (Å²) in [5.41, 5.74) is 1.97.